The maximum Gasteiger partial charge on any atom is 0.223 e. The summed E-state index contributed by atoms with van der Waals surface area (Å²) >= 11 is 0. The van der Waals surface area contributed by atoms with Crippen LogP contribution in [0.5, 0.6) is 0 Å². The third kappa shape index (κ3) is 3.95. The zero-order valence-corrected chi connectivity index (χ0v) is 14.3. The van der Waals surface area contributed by atoms with Crippen LogP contribution in [0.15, 0.2) is 10.6 Å². The number of aryl methyl sites for hydroxylation is 1. The lowest BCUT2D eigenvalue weighted by Crippen LogP contribution is -2.47. The second kappa shape index (κ2) is 7.34. The molecule has 3 rings (SSSR count). The number of hydrogen-bond donors (Lipinski definition) is 1. The Morgan fingerprint density at radius 2 is 2.08 bits per heavy atom. The van der Waals surface area contributed by atoms with Crippen molar-refractivity contribution in [2.75, 3.05) is 26.3 Å². The number of ether oxygens (including phenoxy) is 1. The fourth-order valence-electron chi connectivity index (χ4n) is 3.49. The molecule has 2 aliphatic rings. The van der Waals surface area contributed by atoms with Crippen molar-refractivity contribution in [3.8, 4) is 0 Å². The summed E-state index contributed by atoms with van der Waals surface area (Å²) in [6.07, 6.45) is 2.17. The van der Waals surface area contributed by atoms with Gasteiger partial charge in [-0.05, 0) is 19.8 Å². The first-order valence-corrected chi connectivity index (χ1v) is 8.58. The molecule has 0 aromatic carbocycles. The van der Waals surface area contributed by atoms with E-state index in [2.05, 4.69) is 10.5 Å². The Bertz CT molecular complexity index is 592. The fraction of sp³-hybridized carbons (Fsp3) is 0.706. The normalized spacial score (nSPS) is 25.0. The highest BCUT2D eigenvalue weighted by Crippen LogP contribution is 2.22. The van der Waals surface area contributed by atoms with Gasteiger partial charge in [-0.25, -0.2) is 0 Å². The topological polar surface area (TPSA) is 84.7 Å². The Morgan fingerprint density at radius 1 is 1.33 bits per heavy atom. The van der Waals surface area contributed by atoms with Crippen LogP contribution in [0, 0.1) is 18.8 Å². The summed E-state index contributed by atoms with van der Waals surface area (Å²) in [7, 11) is 0. The lowest BCUT2D eigenvalue weighted by atomic mass is 9.93. The molecule has 0 radical (unpaired) electrons. The van der Waals surface area contributed by atoms with E-state index in [-0.39, 0.29) is 29.7 Å². The van der Waals surface area contributed by atoms with Crippen molar-refractivity contribution in [3.05, 3.63) is 17.5 Å². The largest absolute Gasteiger partial charge is 0.379 e. The molecular weight excluding hydrogens is 310 g/mol. The second-order valence-electron chi connectivity index (χ2n) is 6.83. The van der Waals surface area contributed by atoms with Gasteiger partial charge >= 0.3 is 0 Å². The third-order valence-corrected chi connectivity index (χ3v) is 4.98. The van der Waals surface area contributed by atoms with Crippen LogP contribution >= 0.6 is 0 Å². The number of nitrogens with zero attached hydrogens (tertiary/aromatic N) is 2. The van der Waals surface area contributed by atoms with Crippen molar-refractivity contribution >= 4 is 11.8 Å². The fourth-order valence-corrected chi connectivity index (χ4v) is 3.49. The molecule has 2 amide bonds. The summed E-state index contributed by atoms with van der Waals surface area (Å²) in [6, 6.07) is 1.93. The minimum atomic E-state index is -0.0191. The van der Waals surface area contributed by atoms with Gasteiger partial charge < -0.3 is 19.5 Å². The van der Waals surface area contributed by atoms with E-state index >= 15 is 0 Å². The van der Waals surface area contributed by atoms with Gasteiger partial charge in [0.05, 0.1) is 24.9 Å². The number of amides is 2. The molecule has 24 heavy (non-hydrogen) atoms. The zero-order valence-electron chi connectivity index (χ0n) is 14.3. The van der Waals surface area contributed by atoms with Gasteiger partial charge in [-0.2, -0.15) is 0 Å². The van der Waals surface area contributed by atoms with Crippen molar-refractivity contribution in [2.45, 2.75) is 39.2 Å². The van der Waals surface area contributed by atoms with Crippen LogP contribution in [0.4, 0.5) is 0 Å². The number of carbonyl (C=O) groups excluding carboxylic acids is 2. The van der Waals surface area contributed by atoms with E-state index in [1.54, 1.807) is 11.8 Å². The Balaban J connectivity index is 1.51. The number of piperidine rings is 1. The van der Waals surface area contributed by atoms with Gasteiger partial charge in [-0.1, -0.05) is 5.16 Å². The molecule has 1 aromatic heterocycles. The van der Waals surface area contributed by atoms with Crippen molar-refractivity contribution in [1.82, 2.24) is 15.4 Å². The number of hydrogen-bond acceptors (Lipinski definition) is 5. The highest BCUT2D eigenvalue weighted by Gasteiger charge is 2.33. The molecule has 1 N–H and O–H groups in total. The average Bonchev–Trinajstić information content (AvgIpc) is 3.17. The SMILES string of the molecule is CC(=O)N1CCC(C(=O)N[C@H]2COC[C@H]2Cc2cc(C)no2)CC1. The van der Waals surface area contributed by atoms with Crippen molar-refractivity contribution < 1.29 is 18.8 Å². The first kappa shape index (κ1) is 17.0. The molecule has 7 nitrogen and oxygen atoms in total. The summed E-state index contributed by atoms with van der Waals surface area (Å²) < 4.78 is 10.8. The first-order chi connectivity index (χ1) is 11.5. The van der Waals surface area contributed by atoms with Gasteiger partial charge in [-0.3, -0.25) is 9.59 Å². The lowest BCUT2D eigenvalue weighted by Gasteiger charge is -2.31. The molecule has 2 aliphatic heterocycles. The lowest BCUT2D eigenvalue weighted by molar-refractivity contribution is -0.134. The predicted octanol–water partition coefficient (Wildman–Crippen LogP) is 0.915. The molecule has 7 heteroatoms. The van der Waals surface area contributed by atoms with E-state index in [0.717, 1.165) is 24.3 Å². The van der Waals surface area contributed by atoms with Crippen LogP contribution in [-0.2, 0) is 20.7 Å². The maximum absolute atomic E-state index is 12.5. The summed E-state index contributed by atoms with van der Waals surface area (Å²) in [5, 5.41) is 7.04. The quantitative estimate of drug-likeness (QED) is 0.884. The molecule has 0 bridgehead atoms. The Morgan fingerprint density at radius 3 is 2.71 bits per heavy atom. The van der Waals surface area contributed by atoms with Gasteiger partial charge in [0.15, 0.2) is 0 Å². The predicted molar refractivity (Wildman–Crippen MR) is 86.2 cm³/mol. The number of carbonyl (C=O) groups is 2. The van der Waals surface area contributed by atoms with E-state index in [4.69, 9.17) is 9.26 Å². The van der Waals surface area contributed by atoms with Gasteiger partial charge in [0, 0.05) is 44.3 Å². The smallest absolute Gasteiger partial charge is 0.223 e. The number of likely N-dealkylation sites (tertiary alicyclic amines) is 1. The molecule has 0 saturated carbocycles. The van der Waals surface area contributed by atoms with Crippen LogP contribution in [0.25, 0.3) is 0 Å². The van der Waals surface area contributed by atoms with Crippen LogP contribution in [0.2, 0.25) is 0 Å². The summed E-state index contributed by atoms with van der Waals surface area (Å²) in [5.41, 5.74) is 0.863. The Labute approximate surface area is 141 Å². The molecule has 2 fully saturated rings. The minimum absolute atomic E-state index is 0.00810. The monoisotopic (exact) mass is 335 g/mol. The van der Waals surface area contributed by atoms with E-state index in [0.29, 0.717) is 32.7 Å². The van der Waals surface area contributed by atoms with E-state index in [9.17, 15) is 9.59 Å². The Hall–Kier alpha value is -1.89. The van der Waals surface area contributed by atoms with Crippen LogP contribution < -0.4 is 5.32 Å². The number of aromatic nitrogens is 1. The maximum atomic E-state index is 12.5. The number of nitrogens with one attached hydrogen (secondary N) is 1. The van der Waals surface area contributed by atoms with Crippen LogP contribution in [0.1, 0.15) is 31.2 Å². The van der Waals surface area contributed by atoms with Crippen LogP contribution in [0.3, 0.4) is 0 Å². The molecular formula is C17H25N3O4. The highest BCUT2D eigenvalue weighted by molar-refractivity contribution is 5.80. The van der Waals surface area contributed by atoms with E-state index < -0.39 is 0 Å². The zero-order chi connectivity index (χ0) is 17.1. The standard InChI is InChI=1S/C17H25N3O4/c1-11-7-15(24-19-11)8-14-9-23-10-16(14)18-17(22)13-3-5-20(6-4-13)12(2)21/h7,13-14,16H,3-6,8-10H2,1-2H3,(H,18,22)/t14-,16+/m1/s1. The molecule has 0 spiro atoms. The van der Waals surface area contributed by atoms with Gasteiger partial charge in [-0.15, -0.1) is 0 Å². The Kier molecular flexibility index (Phi) is 5.18. The van der Waals surface area contributed by atoms with Gasteiger partial charge in [0.1, 0.15) is 5.76 Å². The van der Waals surface area contributed by atoms with E-state index in [1.165, 1.54) is 0 Å². The van der Waals surface area contributed by atoms with E-state index in [1.807, 2.05) is 13.0 Å². The summed E-state index contributed by atoms with van der Waals surface area (Å²) in [5.74, 6) is 1.18. The first-order valence-electron chi connectivity index (χ1n) is 8.58. The molecule has 2 atom stereocenters. The van der Waals surface area contributed by atoms with Crippen LogP contribution in [-0.4, -0.2) is 54.2 Å². The molecule has 3 heterocycles. The second-order valence-corrected chi connectivity index (χ2v) is 6.83. The molecule has 0 unspecified atom stereocenters. The van der Waals surface area contributed by atoms with Crippen molar-refractivity contribution in [1.29, 1.82) is 0 Å². The van der Waals surface area contributed by atoms with Crippen molar-refractivity contribution in [3.63, 3.8) is 0 Å². The average molecular weight is 335 g/mol. The number of rotatable bonds is 4. The summed E-state index contributed by atoms with van der Waals surface area (Å²) in [4.78, 5) is 25.7. The van der Waals surface area contributed by atoms with Crippen molar-refractivity contribution in [2.24, 2.45) is 11.8 Å². The van der Waals surface area contributed by atoms with Gasteiger partial charge in [0.2, 0.25) is 11.8 Å². The minimum Gasteiger partial charge on any atom is -0.379 e. The third-order valence-electron chi connectivity index (χ3n) is 4.98. The highest BCUT2D eigenvalue weighted by atomic mass is 16.5. The summed E-state index contributed by atoms with van der Waals surface area (Å²) in [6.45, 7) is 5.95. The molecule has 2 saturated heterocycles. The molecule has 132 valence electrons. The molecule has 1 aromatic rings. The molecule has 0 aliphatic carbocycles. The van der Waals surface area contributed by atoms with Gasteiger partial charge in [0.25, 0.3) is 0 Å².